The minimum absolute atomic E-state index is 0.0251. The maximum absolute atomic E-state index is 11.6. The van der Waals surface area contributed by atoms with Gasteiger partial charge >= 0.3 is 5.97 Å². The second-order valence-electron chi connectivity index (χ2n) is 6.27. The summed E-state index contributed by atoms with van der Waals surface area (Å²) in [6.07, 6.45) is 2.22. The van der Waals surface area contributed by atoms with Gasteiger partial charge in [0.05, 0.1) is 7.11 Å². The van der Waals surface area contributed by atoms with Crippen LogP contribution in [0.2, 0.25) is 0 Å². The Morgan fingerprint density at radius 2 is 1.90 bits per heavy atom. The lowest BCUT2D eigenvalue weighted by molar-refractivity contribution is -0.146. The molecule has 1 amide bonds. The Bertz CT molecular complexity index is 403. The van der Waals surface area contributed by atoms with Crippen molar-refractivity contribution in [3.8, 4) is 0 Å². The first-order chi connectivity index (χ1) is 9.20. The molecule has 1 rings (SSSR count). The summed E-state index contributed by atoms with van der Waals surface area (Å²) < 4.78 is 4.70. The predicted molar refractivity (Wildman–Crippen MR) is 74.9 cm³/mol. The molecule has 3 atom stereocenters. The zero-order valence-corrected chi connectivity index (χ0v) is 13.0. The molecule has 114 valence electrons. The lowest BCUT2D eigenvalue weighted by Gasteiger charge is -2.51. The molecule has 0 bridgehead atoms. The average molecular weight is 283 g/mol. The van der Waals surface area contributed by atoms with Crippen LogP contribution in [0.1, 0.15) is 47.0 Å². The van der Waals surface area contributed by atoms with E-state index in [1.165, 1.54) is 14.0 Å². The number of ether oxygens (including phenoxy) is 1. The summed E-state index contributed by atoms with van der Waals surface area (Å²) in [5, 5.41) is 2.62. The number of rotatable bonds is 6. The third kappa shape index (κ3) is 3.58. The SMILES string of the molecule is COC(=O)[C@H](CC[C@H]1C[C@@H](C(C)=O)C1(C)C)NC(C)=O. The minimum atomic E-state index is -0.593. The van der Waals surface area contributed by atoms with E-state index in [9.17, 15) is 14.4 Å². The highest BCUT2D eigenvalue weighted by molar-refractivity contribution is 5.83. The van der Waals surface area contributed by atoms with Crippen molar-refractivity contribution in [3.05, 3.63) is 0 Å². The largest absolute Gasteiger partial charge is 0.467 e. The molecule has 0 aromatic rings. The molecule has 0 aromatic carbocycles. The Kier molecular flexibility index (Phi) is 5.31. The summed E-state index contributed by atoms with van der Waals surface area (Å²) in [7, 11) is 1.32. The van der Waals surface area contributed by atoms with Crippen LogP contribution in [0.15, 0.2) is 0 Å². The van der Waals surface area contributed by atoms with Gasteiger partial charge in [-0.25, -0.2) is 4.79 Å². The third-order valence-electron chi connectivity index (χ3n) is 4.63. The summed E-state index contributed by atoms with van der Waals surface area (Å²) in [5.74, 6) is 0.0927. The molecule has 1 fully saturated rings. The van der Waals surface area contributed by atoms with Gasteiger partial charge in [-0.1, -0.05) is 13.8 Å². The van der Waals surface area contributed by atoms with Crippen LogP contribution in [0.5, 0.6) is 0 Å². The topological polar surface area (TPSA) is 72.5 Å². The van der Waals surface area contributed by atoms with Gasteiger partial charge in [-0.05, 0) is 37.5 Å². The number of Topliss-reactive ketones (excluding diaryl/α,β-unsaturated/α-hetero) is 1. The van der Waals surface area contributed by atoms with Gasteiger partial charge < -0.3 is 10.1 Å². The number of carbonyl (C=O) groups excluding carboxylic acids is 3. The van der Waals surface area contributed by atoms with Gasteiger partial charge in [0.15, 0.2) is 0 Å². The van der Waals surface area contributed by atoms with Crippen molar-refractivity contribution in [2.24, 2.45) is 17.3 Å². The second kappa shape index (κ2) is 6.37. The molecule has 5 heteroatoms. The van der Waals surface area contributed by atoms with E-state index in [0.29, 0.717) is 12.3 Å². The monoisotopic (exact) mass is 283 g/mol. The molecule has 1 aliphatic rings. The fourth-order valence-corrected chi connectivity index (χ4v) is 3.20. The summed E-state index contributed by atoms with van der Waals surface area (Å²) in [4.78, 5) is 34.2. The van der Waals surface area contributed by atoms with Crippen molar-refractivity contribution in [2.45, 2.75) is 53.0 Å². The van der Waals surface area contributed by atoms with Crippen LogP contribution in [-0.4, -0.2) is 30.8 Å². The van der Waals surface area contributed by atoms with Crippen LogP contribution in [0.25, 0.3) is 0 Å². The summed E-state index contributed by atoms with van der Waals surface area (Å²) in [6.45, 7) is 7.21. The van der Waals surface area contributed by atoms with Crippen molar-refractivity contribution < 1.29 is 19.1 Å². The normalized spacial score (nSPS) is 25.2. The minimum Gasteiger partial charge on any atom is -0.467 e. The van der Waals surface area contributed by atoms with Gasteiger partial charge in [0, 0.05) is 12.8 Å². The van der Waals surface area contributed by atoms with E-state index >= 15 is 0 Å². The fraction of sp³-hybridized carbons (Fsp3) is 0.800. The number of carbonyl (C=O) groups is 3. The number of ketones is 1. The van der Waals surface area contributed by atoms with E-state index in [4.69, 9.17) is 4.74 Å². The standard InChI is InChI=1S/C15H25NO4/c1-9(17)12-8-11(15(12,3)4)6-7-13(14(19)20-5)16-10(2)18/h11-13H,6-8H2,1-5H3,(H,16,18)/t11-,12-,13-/m0/s1. The van der Waals surface area contributed by atoms with Crippen molar-refractivity contribution in [1.29, 1.82) is 0 Å². The second-order valence-corrected chi connectivity index (χ2v) is 6.27. The Morgan fingerprint density at radius 3 is 2.30 bits per heavy atom. The molecule has 1 N–H and O–H groups in total. The summed E-state index contributed by atoms with van der Waals surface area (Å²) in [6, 6.07) is -0.593. The summed E-state index contributed by atoms with van der Waals surface area (Å²) >= 11 is 0. The summed E-state index contributed by atoms with van der Waals surface area (Å²) in [5.41, 5.74) is -0.0251. The predicted octanol–water partition coefficient (Wildman–Crippen LogP) is 1.70. The van der Waals surface area contributed by atoms with E-state index in [1.54, 1.807) is 6.92 Å². The van der Waals surface area contributed by atoms with Crippen molar-refractivity contribution in [2.75, 3.05) is 7.11 Å². The first-order valence-corrected chi connectivity index (χ1v) is 7.05. The first kappa shape index (κ1) is 16.7. The van der Waals surface area contributed by atoms with Crippen molar-refractivity contribution in [1.82, 2.24) is 5.32 Å². The van der Waals surface area contributed by atoms with Crippen LogP contribution in [0.4, 0.5) is 0 Å². The van der Waals surface area contributed by atoms with E-state index in [0.717, 1.165) is 12.8 Å². The highest BCUT2D eigenvalue weighted by Crippen LogP contribution is 2.53. The quantitative estimate of drug-likeness (QED) is 0.753. The Labute approximate surface area is 120 Å². The number of esters is 1. The highest BCUT2D eigenvalue weighted by atomic mass is 16.5. The molecule has 0 aromatic heterocycles. The smallest absolute Gasteiger partial charge is 0.328 e. The molecule has 0 unspecified atom stereocenters. The third-order valence-corrected chi connectivity index (χ3v) is 4.63. The molecule has 1 aliphatic carbocycles. The van der Waals surface area contributed by atoms with Gasteiger partial charge in [0.2, 0.25) is 5.91 Å². The molecular weight excluding hydrogens is 258 g/mol. The lowest BCUT2D eigenvalue weighted by Crippen LogP contribution is -2.49. The van der Waals surface area contributed by atoms with E-state index in [2.05, 4.69) is 19.2 Å². The van der Waals surface area contributed by atoms with Gasteiger partial charge in [0.25, 0.3) is 0 Å². The molecule has 0 saturated heterocycles. The van der Waals surface area contributed by atoms with Gasteiger partial charge in [-0.15, -0.1) is 0 Å². The zero-order chi connectivity index (χ0) is 15.5. The molecular formula is C15H25NO4. The number of hydrogen-bond donors (Lipinski definition) is 1. The Hall–Kier alpha value is -1.39. The zero-order valence-electron chi connectivity index (χ0n) is 13.0. The van der Waals surface area contributed by atoms with Crippen molar-refractivity contribution in [3.63, 3.8) is 0 Å². The molecule has 1 saturated carbocycles. The van der Waals surface area contributed by atoms with Crippen LogP contribution in [0, 0.1) is 17.3 Å². The average Bonchev–Trinajstić information content (AvgIpc) is 2.34. The van der Waals surface area contributed by atoms with E-state index in [-0.39, 0.29) is 23.0 Å². The Morgan fingerprint density at radius 1 is 1.30 bits per heavy atom. The maximum atomic E-state index is 11.6. The molecule has 20 heavy (non-hydrogen) atoms. The van der Waals surface area contributed by atoms with E-state index < -0.39 is 12.0 Å². The molecule has 0 heterocycles. The first-order valence-electron chi connectivity index (χ1n) is 7.05. The van der Waals surface area contributed by atoms with Crippen LogP contribution in [0.3, 0.4) is 0 Å². The van der Waals surface area contributed by atoms with Crippen LogP contribution >= 0.6 is 0 Å². The number of hydrogen-bond acceptors (Lipinski definition) is 4. The highest BCUT2D eigenvalue weighted by Gasteiger charge is 2.49. The van der Waals surface area contributed by atoms with Crippen LogP contribution in [-0.2, 0) is 19.1 Å². The van der Waals surface area contributed by atoms with Gasteiger partial charge in [0.1, 0.15) is 11.8 Å². The van der Waals surface area contributed by atoms with Crippen molar-refractivity contribution >= 4 is 17.7 Å². The van der Waals surface area contributed by atoms with Gasteiger partial charge in [-0.3, -0.25) is 9.59 Å². The van der Waals surface area contributed by atoms with Gasteiger partial charge in [-0.2, -0.15) is 0 Å². The Balaban J connectivity index is 2.55. The van der Waals surface area contributed by atoms with Crippen LogP contribution < -0.4 is 5.32 Å². The molecule has 5 nitrogen and oxygen atoms in total. The molecule has 0 aliphatic heterocycles. The molecule has 0 spiro atoms. The number of nitrogens with one attached hydrogen (secondary N) is 1. The maximum Gasteiger partial charge on any atom is 0.328 e. The molecule has 0 radical (unpaired) electrons. The fourth-order valence-electron chi connectivity index (χ4n) is 3.20. The number of methoxy groups -OCH3 is 1. The lowest BCUT2D eigenvalue weighted by atomic mass is 9.52. The van der Waals surface area contributed by atoms with E-state index in [1.807, 2.05) is 0 Å². The number of amides is 1.